The Bertz CT molecular complexity index is 161. The molecule has 0 heterocycles. The highest BCUT2D eigenvalue weighted by Gasteiger charge is 2.17. The molecule has 0 aromatic heterocycles. The van der Waals surface area contributed by atoms with Crippen LogP contribution in [0.15, 0.2) is 0 Å². The molecule has 0 aromatic rings. The van der Waals surface area contributed by atoms with Crippen molar-refractivity contribution < 1.29 is 4.48 Å². The van der Waals surface area contributed by atoms with E-state index in [4.69, 9.17) is 5.73 Å². The number of rotatable bonds is 11. The number of hydrogen-bond donors (Lipinski definition) is 1. The quantitative estimate of drug-likeness (QED) is 0.332. The van der Waals surface area contributed by atoms with Crippen LogP contribution in [0.4, 0.5) is 0 Å². The Morgan fingerprint density at radius 1 is 0.765 bits per heavy atom. The van der Waals surface area contributed by atoms with Crippen LogP contribution in [0.3, 0.4) is 0 Å². The van der Waals surface area contributed by atoms with E-state index in [0.717, 1.165) is 4.48 Å². The Hall–Kier alpha value is -0.0800. The Morgan fingerprint density at radius 2 is 1.18 bits per heavy atom. The zero-order valence-electron chi connectivity index (χ0n) is 12.7. The second-order valence-electron chi connectivity index (χ2n) is 6.30. The summed E-state index contributed by atoms with van der Waals surface area (Å²) >= 11 is 0. The van der Waals surface area contributed by atoms with Crippen molar-refractivity contribution in [1.29, 1.82) is 0 Å². The van der Waals surface area contributed by atoms with Crippen LogP contribution in [-0.2, 0) is 0 Å². The topological polar surface area (TPSA) is 26.0 Å². The first-order valence-corrected chi connectivity index (χ1v) is 7.55. The Labute approximate surface area is 109 Å². The smallest absolute Gasteiger partial charge is 0.139 e. The van der Waals surface area contributed by atoms with Gasteiger partial charge in [0.2, 0.25) is 0 Å². The standard InChI is InChI=1S/C15H35N2/c1-5-6-7-8-9-10-11-12-13-14-15(16)17(2,3)4/h15H,5-14,16H2,1-4H3/q+1. The molecule has 0 aliphatic heterocycles. The summed E-state index contributed by atoms with van der Waals surface area (Å²) in [4.78, 5) is 0. The average molecular weight is 243 g/mol. The number of unbranched alkanes of at least 4 members (excludes halogenated alkanes) is 8. The van der Waals surface area contributed by atoms with Gasteiger partial charge in [0.05, 0.1) is 21.1 Å². The normalized spacial score (nSPS) is 13.9. The first-order valence-electron chi connectivity index (χ1n) is 7.55. The zero-order chi connectivity index (χ0) is 13.1. The van der Waals surface area contributed by atoms with E-state index in [0.29, 0.717) is 6.17 Å². The lowest BCUT2D eigenvalue weighted by atomic mass is 10.1. The molecule has 0 rings (SSSR count). The van der Waals surface area contributed by atoms with Gasteiger partial charge in [-0.25, -0.2) is 0 Å². The SMILES string of the molecule is CCCCCCCCCCCC(N)[N+](C)(C)C. The fraction of sp³-hybridized carbons (Fsp3) is 1.00. The summed E-state index contributed by atoms with van der Waals surface area (Å²) in [5.41, 5.74) is 6.12. The van der Waals surface area contributed by atoms with Crippen molar-refractivity contribution in [1.82, 2.24) is 0 Å². The molecule has 0 bridgehead atoms. The molecule has 2 nitrogen and oxygen atoms in total. The molecule has 0 aliphatic rings. The highest BCUT2D eigenvalue weighted by Crippen LogP contribution is 2.12. The van der Waals surface area contributed by atoms with E-state index < -0.39 is 0 Å². The number of quaternary nitrogens is 1. The summed E-state index contributed by atoms with van der Waals surface area (Å²) in [5.74, 6) is 0. The van der Waals surface area contributed by atoms with Crippen molar-refractivity contribution in [3.63, 3.8) is 0 Å². The van der Waals surface area contributed by atoms with Crippen molar-refractivity contribution >= 4 is 0 Å². The molecular weight excluding hydrogens is 208 g/mol. The summed E-state index contributed by atoms with van der Waals surface area (Å²) in [6.07, 6.45) is 14.0. The third-order valence-corrected chi connectivity index (χ3v) is 3.60. The van der Waals surface area contributed by atoms with E-state index in [1.54, 1.807) is 0 Å². The predicted octanol–water partition coefficient (Wildman–Crippen LogP) is 3.90. The van der Waals surface area contributed by atoms with Crippen LogP contribution in [0, 0.1) is 0 Å². The van der Waals surface area contributed by atoms with Gasteiger partial charge in [0.1, 0.15) is 6.17 Å². The number of nitrogens with two attached hydrogens (primary N) is 1. The fourth-order valence-electron chi connectivity index (χ4n) is 2.05. The molecule has 0 amide bonds. The van der Waals surface area contributed by atoms with Crippen LogP contribution in [-0.4, -0.2) is 31.8 Å². The third-order valence-electron chi connectivity index (χ3n) is 3.60. The Kier molecular flexibility index (Phi) is 9.85. The van der Waals surface area contributed by atoms with Crippen molar-refractivity contribution in [2.24, 2.45) is 5.73 Å². The van der Waals surface area contributed by atoms with E-state index in [1.165, 1.54) is 64.2 Å². The minimum absolute atomic E-state index is 0.305. The first-order chi connectivity index (χ1) is 7.98. The van der Waals surface area contributed by atoms with E-state index >= 15 is 0 Å². The van der Waals surface area contributed by atoms with Crippen molar-refractivity contribution in [2.75, 3.05) is 21.1 Å². The summed E-state index contributed by atoms with van der Waals surface area (Å²) in [5, 5.41) is 0. The van der Waals surface area contributed by atoms with E-state index in [1.807, 2.05) is 0 Å². The van der Waals surface area contributed by atoms with Crippen molar-refractivity contribution in [3.05, 3.63) is 0 Å². The lowest BCUT2D eigenvalue weighted by Gasteiger charge is -2.31. The predicted molar refractivity (Wildman–Crippen MR) is 77.9 cm³/mol. The van der Waals surface area contributed by atoms with Gasteiger partial charge in [-0.3, -0.25) is 5.73 Å². The minimum atomic E-state index is 0.305. The second kappa shape index (κ2) is 9.90. The number of nitrogens with zero attached hydrogens (tertiary/aromatic N) is 1. The maximum Gasteiger partial charge on any atom is 0.139 e. The molecule has 104 valence electrons. The first kappa shape index (κ1) is 16.9. The van der Waals surface area contributed by atoms with Crippen LogP contribution in [0.1, 0.15) is 71.1 Å². The molecule has 2 heteroatoms. The fourth-order valence-corrected chi connectivity index (χ4v) is 2.05. The molecule has 0 radical (unpaired) electrons. The van der Waals surface area contributed by atoms with Gasteiger partial charge >= 0.3 is 0 Å². The highest BCUT2D eigenvalue weighted by molar-refractivity contribution is 4.51. The van der Waals surface area contributed by atoms with Gasteiger partial charge in [-0.05, 0) is 6.42 Å². The lowest BCUT2D eigenvalue weighted by Crippen LogP contribution is -2.50. The molecular formula is C15H35N2+. The molecule has 0 fully saturated rings. The van der Waals surface area contributed by atoms with Crippen LogP contribution in [0.2, 0.25) is 0 Å². The summed E-state index contributed by atoms with van der Waals surface area (Å²) in [6.45, 7) is 2.27. The van der Waals surface area contributed by atoms with Gasteiger partial charge < -0.3 is 4.48 Å². The Morgan fingerprint density at radius 3 is 1.59 bits per heavy atom. The molecule has 2 N–H and O–H groups in total. The average Bonchev–Trinajstić information content (AvgIpc) is 2.25. The third kappa shape index (κ3) is 10.8. The zero-order valence-corrected chi connectivity index (χ0v) is 12.7. The van der Waals surface area contributed by atoms with Gasteiger partial charge in [0.15, 0.2) is 0 Å². The van der Waals surface area contributed by atoms with Gasteiger partial charge in [0, 0.05) is 6.42 Å². The van der Waals surface area contributed by atoms with Gasteiger partial charge in [-0.2, -0.15) is 0 Å². The van der Waals surface area contributed by atoms with Gasteiger partial charge in [-0.15, -0.1) is 0 Å². The summed E-state index contributed by atoms with van der Waals surface area (Å²) in [7, 11) is 6.54. The lowest BCUT2D eigenvalue weighted by molar-refractivity contribution is -0.896. The largest absolute Gasteiger partial charge is 0.316 e. The Balaban J connectivity index is 3.19. The maximum atomic E-state index is 6.12. The van der Waals surface area contributed by atoms with E-state index in [-0.39, 0.29) is 0 Å². The van der Waals surface area contributed by atoms with E-state index in [9.17, 15) is 0 Å². The van der Waals surface area contributed by atoms with Crippen LogP contribution in [0.25, 0.3) is 0 Å². The summed E-state index contributed by atoms with van der Waals surface area (Å²) < 4.78 is 0.886. The number of hydrogen-bond acceptors (Lipinski definition) is 1. The molecule has 1 unspecified atom stereocenters. The van der Waals surface area contributed by atoms with E-state index in [2.05, 4.69) is 28.1 Å². The molecule has 0 saturated heterocycles. The van der Waals surface area contributed by atoms with Crippen LogP contribution in [0.5, 0.6) is 0 Å². The van der Waals surface area contributed by atoms with Crippen LogP contribution >= 0.6 is 0 Å². The van der Waals surface area contributed by atoms with Crippen LogP contribution < -0.4 is 5.73 Å². The second-order valence-corrected chi connectivity index (χ2v) is 6.30. The molecule has 17 heavy (non-hydrogen) atoms. The molecule has 0 saturated carbocycles. The van der Waals surface area contributed by atoms with Gasteiger partial charge in [-0.1, -0.05) is 58.3 Å². The maximum absolute atomic E-state index is 6.12. The highest BCUT2D eigenvalue weighted by atomic mass is 15.4. The van der Waals surface area contributed by atoms with Crippen molar-refractivity contribution in [2.45, 2.75) is 77.3 Å². The van der Waals surface area contributed by atoms with Gasteiger partial charge in [0.25, 0.3) is 0 Å². The van der Waals surface area contributed by atoms with Crippen molar-refractivity contribution in [3.8, 4) is 0 Å². The summed E-state index contributed by atoms with van der Waals surface area (Å²) in [6, 6.07) is 0. The molecule has 0 spiro atoms. The molecule has 0 aliphatic carbocycles. The monoisotopic (exact) mass is 243 g/mol. The minimum Gasteiger partial charge on any atom is -0.316 e. The molecule has 0 aromatic carbocycles. The molecule has 1 atom stereocenters.